The van der Waals surface area contributed by atoms with Crippen LogP contribution in [-0.4, -0.2) is 68.2 Å². The van der Waals surface area contributed by atoms with E-state index in [0.717, 1.165) is 45.1 Å². The minimum atomic E-state index is -2.89. The van der Waals surface area contributed by atoms with Crippen molar-refractivity contribution in [3.63, 3.8) is 0 Å². The molecule has 2 heterocycles. The van der Waals surface area contributed by atoms with Gasteiger partial charge in [-0.05, 0) is 25.5 Å². The predicted molar refractivity (Wildman–Crippen MR) is 121 cm³/mol. The quantitative estimate of drug-likeness (QED) is 0.258. The summed E-state index contributed by atoms with van der Waals surface area (Å²) in [7, 11) is 1.49. The van der Waals surface area contributed by atoms with E-state index >= 15 is 0 Å². The van der Waals surface area contributed by atoms with Crippen LogP contribution < -0.4 is 14.8 Å². The monoisotopic (exact) mass is 522 g/mol. The molecule has 0 aromatic heterocycles. The van der Waals surface area contributed by atoms with Crippen LogP contribution in [0, 0.1) is 0 Å². The van der Waals surface area contributed by atoms with Crippen molar-refractivity contribution in [2.24, 2.45) is 4.99 Å². The van der Waals surface area contributed by atoms with E-state index in [1.807, 2.05) is 6.92 Å². The summed E-state index contributed by atoms with van der Waals surface area (Å²) < 4.78 is 35.3. The smallest absolute Gasteiger partial charge is 0.387 e. The van der Waals surface area contributed by atoms with Gasteiger partial charge >= 0.3 is 6.61 Å². The van der Waals surface area contributed by atoms with Crippen molar-refractivity contribution in [2.75, 3.05) is 39.8 Å². The van der Waals surface area contributed by atoms with Crippen LogP contribution in [0.5, 0.6) is 11.5 Å². The average Bonchev–Trinajstić information content (AvgIpc) is 3.36. The van der Waals surface area contributed by atoms with E-state index in [1.165, 1.54) is 13.2 Å². The highest BCUT2D eigenvalue weighted by molar-refractivity contribution is 14.0. The number of rotatable bonds is 7. The molecule has 29 heavy (non-hydrogen) atoms. The topological polar surface area (TPSA) is 49.3 Å². The molecule has 1 N–H and O–H groups in total. The lowest BCUT2D eigenvalue weighted by Gasteiger charge is -2.25. The second-order valence-electron chi connectivity index (χ2n) is 6.84. The number of methoxy groups -OCH3 is 1. The van der Waals surface area contributed by atoms with Crippen LogP contribution in [0.1, 0.15) is 18.9 Å². The summed E-state index contributed by atoms with van der Waals surface area (Å²) in [5.74, 6) is 1.37. The van der Waals surface area contributed by atoms with Gasteiger partial charge in [0.2, 0.25) is 0 Å². The van der Waals surface area contributed by atoms with Crippen molar-refractivity contribution in [1.29, 1.82) is 0 Å². The maximum absolute atomic E-state index is 12.8. The molecule has 1 aromatic rings. The van der Waals surface area contributed by atoms with Crippen molar-refractivity contribution in [2.45, 2.75) is 32.5 Å². The van der Waals surface area contributed by atoms with Gasteiger partial charge in [-0.2, -0.15) is 8.78 Å². The van der Waals surface area contributed by atoms with Crippen LogP contribution in [-0.2, 0) is 6.54 Å². The number of ether oxygens (including phenoxy) is 2. The predicted octanol–water partition coefficient (Wildman–Crippen LogP) is 3.33. The highest BCUT2D eigenvalue weighted by Gasteiger charge is 2.29. The zero-order chi connectivity index (χ0) is 19.9. The van der Waals surface area contributed by atoms with Crippen LogP contribution in [0.2, 0.25) is 0 Å². The van der Waals surface area contributed by atoms with Crippen LogP contribution in [0.3, 0.4) is 0 Å². The van der Waals surface area contributed by atoms with E-state index in [4.69, 9.17) is 4.74 Å². The molecule has 0 saturated carbocycles. The minimum absolute atomic E-state index is 0. The summed E-state index contributed by atoms with van der Waals surface area (Å²) in [6, 6.07) is 5.42. The lowest BCUT2D eigenvalue weighted by atomic mass is 10.2. The molecule has 1 aromatic carbocycles. The average molecular weight is 522 g/mol. The van der Waals surface area contributed by atoms with Crippen LogP contribution in [0.15, 0.2) is 35.3 Å². The number of aliphatic imine (C=N–C) groups is 1. The molecule has 3 rings (SSSR count). The summed E-state index contributed by atoms with van der Waals surface area (Å²) in [5.41, 5.74) is 0.594. The van der Waals surface area contributed by atoms with E-state index in [1.54, 1.807) is 12.1 Å². The SMILES string of the molecule is CCNC(=NCc1ccc(OC)cc1OC(F)F)N1CCC(N2CC=CC2)C1.I. The summed E-state index contributed by atoms with van der Waals surface area (Å²) in [6.45, 7) is 3.98. The molecule has 6 nitrogen and oxygen atoms in total. The maximum Gasteiger partial charge on any atom is 0.387 e. The first-order valence-electron chi connectivity index (χ1n) is 9.64. The molecule has 2 aliphatic rings. The number of benzene rings is 1. The van der Waals surface area contributed by atoms with Crippen LogP contribution >= 0.6 is 24.0 Å². The van der Waals surface area contributed by atoms with Gasteiger partial charge in [0.25, 0.3) is 0 Å². The molecule has 2 aliphatic heterocycles. The Morgan fingerprint density at radius 1 is 1.31 bits per heavy atom. The third kappa shape index (κ3) is 6.43. The highest BCUT2D eigenvalue weighted by Crippen LogP contribution is 2.27. The fourth-order valence-corrected chi connectivity index (χ4v) is 3.61. The third-order valence-corrected chi connectivity index (χ3v) is 5.05. The number of nitrogens with zero attached hydrogens (tertiary/aromatic N) is 3. The second-order valence-corrected chi connectivity index (χ2v) is 6.84. The molecule has 0 aliphatic carbocycles. The Morgan fingerprint density at radius 2 is 2.07 bits per heavy atom. The van der Waals surface area contributed by atoms with Gasteiger partial charge in [0, 0.05) is 50.4 Å². The molecule has 1 fully saturated rings. The van der Waals surface area contributed by atoms with Crippen molar-refractivity contribution in [1.82, 2.24) is 15.1 Å². The second kappa shape index (κ2) is 11.5. The number of likely N-dealkylation sites (tertiary alicyclic amines) is 1. The number of guanidine groups is 1. The standard InChI is InChI=1S/C20H28F2N4O2.HI/c1-3-23-20(26-11-8-16(14-26)25-9-4-5-10-25)24-13-15-6-7-17(27-2)12-18(15)28-19(21)22;/h4-7,12,16,19H,3,8-11,13-14H2,1-2H3,(H,23,24);1H. The molecule has 9 heteroatoms. The first-order chi connectivity index (χ1) is 13.6. The van der Waals surface area contributed by atoms with Crippen LogP contribution in [0.25, 0.3) is 0 Å². The lowest BCUT2D eigenvalue weighted by molar-refractivity contribution is -0.0505. The Bertz CT molecular complexity index is 710. The maximum atomic E-state index is 12.8. The summed E-state index contributed by atoms with van der Waals surface area (Å²) >= 11 is 0. The summed E-state index contributed by atoms with van der Waals surface area (Å²) in [4.78, 5) is 9.38. The van der Waals surface area contributed by atoms with Gasteiger partial charge in [0.05, 0.1) is 13.7 Å². The number of hydrogen-bond acceptors (Lipinski definition) is 4. The van der Waals surface area contributed by atoms with Gasteiger partial charge in [-0.25, -0.2) is 4.99 Å². The van der Waals surface area contributed by atoms with Crippen molar-refractivity contribution < 1.29 is 18.3 Å². The Hall–Kier alpha value is -1.62. The lowest BCUT2D eigenvalue weighted by Crippen LogP contribution is -2.42. The van der Waals surface area contributed by atoms with Gasteiger partial charge in [-0.3, -0.25) is 4.90 Å². The van der Waals surface area contributed by atoms with Gasteiger partial charge < -0.3 is 19.7 Å². The Labute approximate surface area is 188 Å². The summed E-state index contributed by atoms with van der Waals surface area (Å²) in [5, 5.41) is 3.32. The molecule has 162 valence electrons. The molecule has 1 unspecified atom stereocenters. The molecule has 1 atom stereocenters. The van der Waals surface area contributed by atoms with E-state index < -0.39 is 6.61 Å². The Morgan fingerprint density at radius 3 is 2.72 bits per heavy atom. The molecule has 0 amide bonds. The summed E-state index contributed by atoms with van der Waals surface area (Å²) in [6.07, 6.45) is 5.50. The number of hydrogen-bond donors (Lipinski definition) is 1. The molecular formula is C20H29F2IN4O2. The molecule has 1 saturated heterocycles. The molecule has 0 radical (unpaired) electrons. The van der Waals surface area contributed by atoms with Gasteiger partial charge in [-0.1, -0.05) is 12.2 Å². The van der Waals surface area contributed by atoms with E-state index in [9.17, 15) is 8.78 Å². The van der Waals surface area contributed by atoms with Gasteiger partial charge in [0.1, 0.15) is 11.5 Å². The first-order valence-corrected chi connectivity index (χ1v) is 9.64. The van der Waals surface area contributed by atoms with Crippen molar-refractivity contribution in [3.05, 3.63) is 35.9 Å². The fourth-order valence-electron chi connectivity index (χ4n) is 3.61. The van der Waals surface area contributed by atoms with Crippen LogP contribution in [0.4, 0.5) is 8.78 Å². The van der Waals surface area contributed by atoms with Gasteiger partial charge in [-0.15, -0.1) is 24.0 Å². The fraction of sp³-hybridized carbons (Fsp3) is 0.550. The number of alkyl halides is 2. The van der Waals surface area contributed by atoms with Crippen molar-refractivity contribution >= 4 is 29.9 Å². The Kier molecular flexibility index (Phi) is 9.41. The molecule has 0 spiro atoms. The van der Waals surface area contributed by atoms with Gasteiger partial charge in [0.15, 0.2) is 5.96 Å². The van der Waals surface area contributed by atoms with Crippen molar-refractivity contribution in [3.8, 4) is 11.5 Å². The third-order valence-electron chi connectivity index (χ3n) is 5.05. The van der Waals surface area contributed by atoms with E-state index in [0.29, 0.717) is 17.4 Å². The van der Waals surface area contributed by atoms with E-state index in [-0.39, 0.29) is 36.3 Å². The zero-order valence-electron chi connectivity index (χ0n) is 16.8. The van der Waals surface area contributed by atoms with E-state index in [2.05, 4.69) is 37.0 Å². The minimum Gasteiger partial charge on any atom is -0.497 e. The molecular weight excluding hydrogens is 493 g/mol. The number of halogens is 3. The highest BCUT2D eigenvalue weighted by atomic mass is 127. The molecule has 0 bridgehead atoms. The first kappa shape index (κ1) is 23.7. The Balaban J connectivity index is 0.00000300. The zero-order valence-corrected chi connectivity index (χ0v) is 19.1. The number of nitrogens with one attached hydrogen (secondary N) is 1. The largest absolute Gasteiger partial charge is 0.497 e. The normalized spacial score (nSPS) is 19.6.